The Balaban J connectivity index is 1.66. The lowest BCUT2D eigenvalue weighted by molar-refractivity contribution is -0.884. The number of rotatable bonds is 2. The van der Waals surface area contributed by atoms with Gasteiger partial charge in [-0.3, -0.25) is 19.3 Å². The molecule has 0 aromatic heterocycles. The first-order valence-corrected chi connectivity index (χ1v) is 9.77. The Morgan fingerprint density at radius 1 is 1.00 bits per heavy atom. The highest BCUT2D eigenvalue weighted by atomic mass is 16.2. The number of benzene rings is 2. The van der Waals surface area contributed by atoms with Crippen molar-refractivity contribution in [1.29, 1.82) is 0 Å². The summed E-state index contributed by atoms with van der Waals surface area (Å²) in [5.74, 6) is -2.49. The number of anilines is 1. The van der Waals surface area contributed by atoms with Crippen LogP contribution in [0.4, 0.5) is 5.69 Å². The highest BCUT2D eigenvalue weighted by Gasteiger charge is 2.67. The van der Waals surface area contributed by atoms with Gasteiger partial charge < -0.3 is 5.73 Å². The molecule has 0 saturated carbocycles. The number of carbonyl (C=O) groups excluding carboxylic acids is 3. The quantitative estimate of drug-likeness (QED) is 0.750. The summed E-state index contributed by atoms with van der Waals surface area (Å²) in [6, 6.07) is 12.4. The lowest BCUT2D eigenvalue weighted by Crippen LogP contribution is -3.12. The lowest BCUT2D eigenvalue weighted by Gasteiger charge is -2.30. The molecule has 2 aromatic carbocycles. The summed E-state index contributed by atoms with van der Waals surface area (Å²) >= 11 is 0. The van der Waals surface area contributed by atoms with E-state index in [-0.39, 0.29) is 17.9 Å². The fourth-order valence-electron chi connectivity index (χ4n) is 5.41. The summed E-state index contributed by atoms with van der Waals surface area (Å²) in [4.78, 5) is 41.5. The van der Waals surface area contributed by atoms with Gasteiger partial charge in [-0.1, -0.05) is 30.3 Å². The maximum atomic E-state index is 13.6. The van der Waals surface area contributed by atoms with Gasteiger partial charge in [-0.2, -0.15) is 0 Å². The van der Waals surface area contributed by atoms with Crippen LogP contribution in [0.5, 0.6) is 0 Å². The van der Waals surface area contributed by atoms with Gasteiger partial charge in [-0.15, -0.1) is 0 Å². The molecule has 0 radical (unpaired) electrons. The summed E-state index contributed by atoms with van der Waals surface area (Å²) in [6.45, 7) is 3.87. The monoisotopic (exact) mass is 388 g/mol. The van der Waals surface area contributed by atoms with Crippen molar-refractivity contribution in [3.8, 4) is 0 Å². The van der Waals surface area contributed by atoms with Crippen molar-refractivity contribution >= 4 is 29.5 Å². The Hall–Kier alpha value is -3.25. The number of carbonyl (C=O) groups is 3. The average Bonchev–Trinajstić information content (AvgIpc) is 3.14. The number of aryl methyl sites for hydroxylation is 2. The van der Waals surface area contributed by atoms with Gasteiger partial charge in [-0.05, 0) is 48.7 Å². The molecule has 5 rings (SSSR count). The van der Waals surface area contributed by atoms with Gasteiger partial charge in [-0.25, -0.2) is 4.90 Å². The molecule has 1 unspecified atom stereocenters. The topological polar surface area (TPSA) is 84.9 Å². The number of primary amides is 1. The van der Waals surface area contributed by atoms with E-state index in [0.29, 0.717) is 5.69 Å². The molecule has 3 N–H and O–H groups in total. The lowest BCUT2D eigenvalue weighted by atomic mass is 9.84. The van der Waals surface area contributed by atoms with Crippen molar-refractivity contribution in [2.45, 2.75) is 25.9 Å². The molecule has 2 fully saturated rings. The van der Waals surface area contributed by atoms with Gasteiger partial charge in [0.05, 0.1) is 11.9 Å². The minimum Gasteiger partial charge on any atom is -0.364 e. The molecule has 5 atom stereocenters. The molecule has 2 saturated heterocycles. The molecule has 29 heavy (non-hydrogen) atoms. The summed E-state index contributed by atoms with van der Waals surface area (Å²) in [5, 5.41) is 0. The number of nitrogens with zero attached hydrogens (tertiary/aromatic N) is 1. The van der Waals surface area contributed by atoms with Crippen molar-refractivity contribution in [3.05, 3.63) is 70.9 Å². The van der Waals surface area contributed by atoms with Crippen molar-refractivity contribution in [2.24, 2.45) is 17.6 Å². The number of nitrogens with one attached hydrogen (secondary N) is 1. The van der Waals surface area contributed by atoms with Crippen LogP contribution in [0.1, 0.15) is 28.3 Å². The van der Waals surface area contributed by atoms with E-state index in [4.69, 9.17) is 5.73 Å². The Bertz CT molecular complexity index is 1090. The van der Waals surface area contributed by atoms with E-state index in [1.54, 1.807) is 0 Å². The SMILES string of the molecule is Cc1cc(C)cc(N2C(=O)[C@@H]3[C@H](C2=O)[C@H](C(N)=O)[NH+]2C=Cc4ccccc4[C@H]32)c1. The minimum absolute atomic E-state index is 0.249. The largest absolute Gasteiger partial charge is 0.364 e. The van der Waals surface area contributed by atoms with Crippen molar-refractivity contribution in [1.82, 2.24) is 0 Å². The Kier molecular flexibility index (Phi) is 3.76. The van der Waals surface area contributed by atoms with E-state index < -0.39 is 23.8 Å². The second-order valence-electron chi connectivity index (χ2n) is 8.23. The molecule has 2 aromatic rings. The van der Waals surface area contributed by atoms with Gasteiger partial charge in [0.15, 0.2) is 6.04 Å². The molecule has 146 valence electrons. The molecule has 3 amide bonds. The van der Waals surface area contributed by atoms with Crippen LogP contribution < -0.4 is 15.5 Å². The van der Waals surface area contributed by atoms with E-state index >= 15 is 0 Å². The van der Waals surface area contributed by atoms with E-state index in [9.17, 15) is 14.4 Å². The zero-order chi connectivity index (χ0) is 20.4. The molecule has 0 aliphatic carbocycles. The van der Waals surface area contributed by atoms with Crippen LogP contribution in [-0.2, 0) is 14.4 Å². The van der Waals surface area contributed by atoms with E-state index in [2.05, 4.69) is 0 Å². The third kappa shape index (κ3) is 2.42. The zero-order valence-electron chi connectivity index (χ0n) is 16.3. The molecule has 6 heteroatoms. The van der Waals surface area contributed by atoms with Crippen LogP contribution in [0.25, 0.3) is 6.08 Å². The molecular weight excluding hydrogens is 366 g/mol. The third-order valence-corrected chi connectivity index (χ3v) is 6.39. The Labute approximate surface area is 168 Å². The fraction of sp³-hybridized carbons (Fsp3) is 0.261. The first kappa shape index (κ1) is 17.8. The smallest absolute Gasteiger partial charge is 0.277 e. The Morgan fingerprint density at radius 2 is 1.66 bits per heavy atom. The fourth-order valence-corrected chi connectivity index (χ4v) is 5.41. The van der Waals surface area contributed by atoms with Gasteiger partial charge in [0.1, 0.15) is 17.9 Å². The Morgan fingerprint density at radius 3 is 2.34 bits per heavy atom. The summed E-state index contributed by atoms with van der Waals surface area (Å²) in [6.07, 6.45) is 3.82. The van der Waals surface area contributed by atoms with E-state index in [0.717, 1.165) is 27.2 Å². The second kappa shape index (κ2) is 6.12. The predicted octanol–water partition coefficient (Wildman–Crippen LogP) is 0.887. The number of amides is 3. The maximum absolute atomic E-state index is 13.6. The van der Waals surface area contributed by atoms with Gasteiger partial charge >= 0.3 is 0 Å². The summed E-state index contributed by atoms with van der Waals surface area (Å²) < 4.78 is 0. The second-order valence-corrected chi connectivity index (χ2v) is 8.23. The van der Waals surface area contributed by atoms with Gasteiger partial charge in [0.2, 0.25) is 11.8 Å². The molecule has 3 aliphatic heterocycles. The van der Waals surface area contributed by atoms with Crippen LogP contribution >= 0.6 is 0 Å². The predicted molar refractivity (Wildman–Crippen MR) is 108 cm³/mol. The normalized spacial score (nSPS) is 29.6. The number of hydrogen-bond acceptors (Lipinski definition) is 3. The first-order valence-electron chi connectivity index (χ1n) is 9.77. The summed E-state index contributed by atoms with van der Waals surface area (Å²) in [7, 11) is 0. The molecule has 3 heterocycles. The zero-order valence-corrected chi connectivity index (χ0v) is 16.3. The number of hydrogen-bond donors (Lipinski definition) is 2. The van der Waals surface area contributed by atoms with Crippen LogP contribution in [-0.4, -0.2) is 23.8 Å². The van der Waals surface area contributed by atoms with Gasteiger partial charge in [0.25, 0.3) is 5.91 Å². The van der Waals surface area contributed by atoms with E-state index in [1.165, 1.54) is 4.90 Å². The maximum Gasteiger partial charge on any atom is 0.277 e. The minimum atomic E-state index is -0.762. The first-order chi connectivity index (χ1) is 13.9. The van der Waals surface area contributed by atoms with Crippen LogP contribution in [0.3, 0.4) is 0 Å². The van der Waals surface area contributed by atoms with Gasteiger partial charge in [0, 0.05) is 5.56 Å². The number of fused-ring (bicyclic) bond motifs is 5. The van der Waals surface area contributed by atoms with Crippen molar-refractivity contribution in [3.63, 3.8) is 0 Å². The molecule has 0 spiro atoms. The summed E-state index contributed by atoms with van der Waals surface area (Å²) in [5.41, 5.74) is 10.2. The number of imide groups is 1. The number of quaternary nitrogens is 1. The van der Waals surface area contributed by atoms with E-state index in [1.807, 2.05) is 68.6 Å². The average molecular weight is 388 g/mol. The van der Waals surface area contributed by atoms with Crippen LogP contribution in [0.2, 0.25) is 0 Å². The highest BCUT2D eigenvalue weighted by molar-refractivity contribution is 6.23. The molecule has 0 bridgehead atoms. The molecule has 6 nitrogen and oxygen atoms in total. The standard InChI is InChI=1S/C23H21N3O3/c1-12-9-13(2)11-15(10-12)26-22(28)17-18(23(26)29)20(21(24)27)25-8-7-14-5-3-4-6-16(14)19(17)25/h3-11,17-20H,1-2H3,(H2,24,27)/p+1/t17-,18+,19-,20-/m1/s1. The van der Waals surface area contributed by atoms with Crippen LogP contribution in [0.15, 0.2) is 48.7 Å². The number of nitrogens with two attached hydrogens (primary N) is 1. The highest BCUT2D eigenvalue weighted by Crippen LogP contribution is 2.44. The third-order valence-electron chi connectivity index (χ3n) is 6.39. The molecular formula is C23H22N3O3+. The van der Waals surface area contributed by atoms with Crippen molar-refractivity contribution in [2.75, 3.05) is 4.90 Å². The van der Waals surface area contributed by atoms with Crippen molar-refractivity contribution < 1.29 is 19.3 Å². The molecule has 3 aliphatic rings. The van der Waals surface area contributed by atoms with Crippen LogP contribution in [0, 0.1) is 25.7 Å².